The minimum Gasteiger partial charge on any atom is -0.497 e. The van der Waals surface area contributed by atoms with Crippen molar-refractivity contribution < 1.29 is 4.74 Å². The number of aryl methyl sites for hydroxylation is 2. The van der Waals surface area contributed by atoms with Crippen LogP contribution >= 0.6 is 0 Å². The fourth-order valence-corrected chi connectivity index (χ4v) is 3.39. The largest absolute Gasteiger partial charge is 0.497 e. The smallest absolute Gasteiger partial charge is 0.192 e. The van der Waals surface area contributed by atoms with Crippen LogP contribution in [0.4, 0.5) is 0 Å². The summed E-state index contributed by atoms with van der Waals surface area (Å²) < 4.78 is 7.36. The summed E-state index contributed by atoms with van der Waals surface area (Å²) in [5.74, 6) is 3.49. The van der Waals surface area contributed by atoms with Crippen molar-refractivity contribution in [1.82, 2.24) is 25.4 Å². The summed E-state index contributed by atoms with van der Waals surface area (Å²) in [7, 11) is 3.67. The Hall–Kier alpha value is -2.57. The second-order valence-electron chi connectivity index (χ2n) is 7.23. The minimum absolute atomic E-state index is 0.490. The Morgan fingerprint density at radius 1 is 1.22 bits per heavy atom. The molecule has 3 rings (SSSR count). The maximum Gasteiger partial charge on any atom is 0.192 e. The number of nitrogens with zero attached hydrogens (tertiary/aromatic N) is 4. The maximum atomic E-state index is 5.37. The van der Waals surface area contributed by atoms with Gasteiger partial charge < -0.3 is 19.9 Å². The fourth-order valence-electron chi connectivity index (χ4n) is 3.39. The van der Waals surface area contributed by atoms with Crippen molar-refractivity contribution in [2.75, 3.05) is 7.11 Å². The lowest BCUT2D eigenvalue weighted by Gasteiger charge is -2.17. The van der Waals surface area contributed by atoms with E-state index in [4.69, 9.17) is 9.73 Å². The van der Waals surface area contributed by atoms with Gasteiger partial charge in [0, 0.05) is 13.1 Å². The van der Waals surface area contributed by atoms with Crippen LogP contribution in [-0.4, -0.2) is 33.9 Å². The van der Waals surface area contributed by atoms with E-state index in [1.807, 2.05) is 30.7 Å². The van der Waals surface area contributed by atoms with Crippen molar-refractivity contribution in [3.63, 3.8) is 0 Å². The molecule has 0 spiro atoms. The highest BCUT2D eigenvalue weighted by molar-refractivity contribution is 5.80. The Labute approximate surface area is 161 Å². The van der Waals surface area contributed by atoms with Crippen LogP contribution in [0.5, 0.6) is 5.75 Å². The Bertz CT molecular complexity index is 792. The number of hydrogen-bond donors (Lipinski definition) is 2. The van der Waals surface area contributed by atoms with Gasteiger partial charge in [0.05, 0.1) is 20.2 Å². The standard InChI is InChI=1S/C20H30N6O/c1-14-9-16(11-18(10-14)27-4)12-21-20(23-17-7-5-6-8-17)22-13-19-25-24-15(2)26(19)3/h9-11,17H,5-8,12-13H2,1-4H3,(H2,21,22,23). The van der Waals surface area contributed by atoms with Crippen molar-refractivity contribution in [3.8, 4) is 5.75 Å². The molecule has 1 aromatic heterocycles. The van der Waals surface area contributed by atoms with Gasteiger partial charge in [0.15, 0.2) is 11.8 Å². The predicted octanol–water partition coefficient (Wildman–Crippen LogP) is 2.62. The van der Waals surface area contributed by atoms with Crippen LogP contribution in [0.25, 0.3) is 0 Å². The number of benzene rings is 1. The van der Waals surface area contributed by atoms with E-state index in [9.17, 15) is 0 Å². The van der Waals surface area contributed by atoms with Crippen LogP contribution < -0.4 is 15.4 Å². The van der Waals surface area contributed by atoms with E-state index in [-0.39, 0.29) is 0 Å². The number of methoxy groups -OCH3 is 1. The molecule has 1 aromatic carbocycles. The number of guanidine groups is 1. The van der Waals surface area contributed by atoms with Crippen molar-refractivity contribution in [2.24, 2.45) is 12.0 Å². The monoisotopic (exact) mass is 370 g/mol. The summed E-state index contributed by atoms with van der Waals surface area (Å²) in [5.41, 5.74) is 2.31. The number of aromatic nitrogens is 3. The molecule has 7 nitrogen and oxygen atoms in total. The van der Waals surface area contributed by atoms with Crippen molar-refractivity contribution >= 4 is 5.96 Å². The third-order valence-corrected chi connectivity index (χ3v) is 5.06. The van der Waals surface area contributed by atoms with E-state index in [1.54, 1.807) is 7.11 Å². The molecule has 27 heavy (non-hydrogen) atoms. The third kappa shape index (κ3) is 5.21. The molecule has 2 aromatic rings. The molecule has 1 aliphatic carbocycles. The van der Waals surface area contributed by atoms with Crippen LogP contribution in [0.2, 0.25) is 0 Å². The molecular formula is C20H30N6O. The molecule has 0 bridgehead atoms. The average molecular weight is 371 g/mol. The van der Waals surface area contributed by atoms with Gasteiger partial charge in [-0.25, -0.2) is 4.99 Å². The Kier molecular flexibility index (Phi) is 6.32. The highest BCUT2D eigenvalue weighted by atomic mass is 16.5. The van der Waals surface area contributed by atoms with Crippen LogP contribution in [0, 0.1) is 13.8 Å². The zero-order valence-electron chi connectivity index (χ0n) is 16.7. The lowest BCUT2D eigenvalue weighted by molar-refractivity contribution is 0.414. The Morgan fingerprint density at radius 2 is 2.00 bits per heavy atom. The van der Waals surface area contributed by atoms with E-state index in [0.717, 1.165) is 28.9 Å². The summed E-state index contributed by atoms with van der Waals surface area (Å²) in [6, 6.07) is 6.70. The van der Waals surface area contributed by atoms with Gasteiger partial charge in [-0.05, 0) is 49.9 Å². The first-order valence-corrected chi connectivity index (χ1v) is 9.59. The average Bonchev–Trinajstić information content (AvgIpc) is 3.28. The molecule has 0 saturated heterocycles. The molecule has 1 fully saturated rings. The van der Waals surface area contributed by atoms with Crippen LogP contribution in [0.1, 0.15) is 48.5 Å². The molecule has 0 aliphatic heterocycles. The van der Waals surface area contributed by atoms with Gasteiger partial charge in [0.25, 0.3) is 0 Å². The first-order valence-electron chi connectivity index (χ1n) is 9.59. The lowest BCUT2D eigenvalue weighted by Crippen LogP contribution is -2.42. The summed E-state index contributed by atoms with van der Waals surface area (Å²) in [6.07, 6.45) is 4.95. The molecular weight excluding hydrogens is 340 g/mol. The number of ether oxygens (including phenoxy) is 1. The van der Waals surface area contributed by atoms with E-state index >= 15 is 0 Å². The fraction of sp³-hybridized carbons (Fsp3) is 0.550. The number of rotatable bonds is 6. The Balaban J connectivity index is 1.71. The van der Waals surface area contributed by atoms with Gasteiger partial charge in [0.1, 0.15) is 11.6 Å². The van der Waals surface area contributed by atoms with Gasteiger partial charge in [-0.2, -0.15) is 0 Å². The number of nitrogens with one attached hydrogen (secondary N) is 2. The SMILES string of the molecule is COc1cc(C)cc(CN=C(NCc2nnc(C)n2C)NC2CCCC2)c1. The zero-order valence-corrected chi connectivity index (χ0v) is 16.7. The quantitative estimate of drug-likeness (QED) is 0.604. The first kappa shape index (κ1) is 19.2. The molecule has 7 heteroatoms. The maximum absolute atomic E-state index is 5.37. The van der Waals surface area contributed by atoms with Crippen molar-refractivity contribution in [1.29, 1.82) is 0 Å². The molecule has 1 aliphatic rings. The predicted molar refractivity (Wildman–Crippen MR) is 107 cm³/mol. The summed E-state index contributed by atoms with van der Waals surface area (Å²) in [6.45, 7) is 5.21. The van der Waals surface area contributed by atoms with E-state index < -0.39 is 0 Å². The van der Waals surface area contributed by atoms with Crippen LogP contribution in [0.3, 0.4) is 0 Å². The second kappa shape index (κ2) is 8.88. The summed E-state index contributed by atoms with van der Waals surface area (Å²) in [5, 5.41) is 15.3. The van der Waals surface area contributed by atoms with Gasteiger partial charge >= 0.3 is 0 Å². The van der Waals surface area contributed by atoms with Crippen molar-refractivity contribution in [2.45, 2.75) is 58.7 Å². The third-order valence-electron chi connectivity index (χ3n) is 5.06. The second-order valence-corrected chi connectivity index (χ2v) is 7.23. The zero-order chi connectivity index (χ0) is 19.2. The molecule has 0 radical (unpaired) electrons. The summed E-state index contributed by atoms with van der Waals surface area (Å²) >= 11 is 0. The van der Waals surface area contributed by atoms with Crippen LogP contribution in [-0.2, 0) is 20.1 Å². The normalized spacial score (nSPS) is 15.2. The minimum atomic E-state index is 0.490. The lowest BCUT2D eigenvalue weighted by atomic mass is 10.1. The highest BCUT2D eigenvalue weighted by Gasteiger charge is 2.16. The van der Waals surface area contributed by atoms with Crippen molar-refractivity contribution in [3.05, 3.63) is 41.0 Å². The van der Waals surface area contributed by atoms with Crippen LogP contribution in [0.15, 0.2) is 23.2 Å². The van der Waals surface area contributed by atoms with E-state index in [2.05, 4.69) is 33.8 Å². The topological polar surface area (TPSA) is 76.4 Å². The number of aliphatic imine (C=N–C) groups is 1. The molecule has 146 valence electrons. The first-order chi connectivity index (χ1) is 13.0. The van der Waals surface area contributed by atoms with E-state index in [0.29, 0.717) is 19.1 Å². The molecule has 0 amide bonds. The summed E-state index contributed by atoms with van der Waals surface area (Å²) in [4.78, 5) is 4.81. The van der Waals surface area contributed by atoms with Gasteiger partial charge in [-0.15, -0.1) is 10.2 Å². The number of hydrogen-bond acceptors (Lipinski definition) is 4. The van der Waals surface area contributed by atoms with Gasteiger partial charge in [-0.3, -0.25) is 0 Å². The Morgan fingerprint density at radius 3 is 2.67 bits per heavy atom. The van der Waals surface area contributed by atoms with Gasteiger partial charge in [-0.1, -0.05) is 18.9 Å². The molecule has 0 unspecified atom stereocenters. The molecule has 0 atom stereocenters. The molecule has 1 heterocycles. The van der Waals surface area contributed by atoms with Gasteiger partial charge in [0.2, 0.25) is 0 Å². The highest BCUT2D eigenvalue weighted by Crippen LogP contribution is 2.18. The molecule has 1 saturated carbocycles. The van der Waals surface area contributed by atoms with E-state index in [1.165, 1.54) is 31.2 Å². The molecule has 2 N–H and O–H groups in total.